The average molecular weight is 201 g/mol. The predicted molar refractivity (Wildman–Crippen MR) is 22.0 cm³/mol. The number of hydrogen-bond donors (Lipinski definition) is 0. The van der Waals surface area contributed by atoms with Gasteiger partial charge >= 0.3 is 21.8 Å². The monoisotopic (exact) mass is 198 g/mol. The number of halogens is 3. The quantitative estimate of drug-likeness (QED) is 0.431. The molecule has 0 radical (unpaired) electrons. The fourth-order valence-corrected chi connectivity index (χ4v) is 0. The Labute approximate surface area is 60.9 Å². The molecule has 0 saturated heterocycles. The Balaban J connectivity index is 0. The third kappa shape index (κ3) is 58.3. The van der Waals surface area contributed by atoms with E-state index in [9.17, 15) is 0 Å². The summed E-state index contributed by atoms with van der Waals surface area (Å²) in [5.41, 5.74) is 0. The van der Waals surface area contributed by atoms with E-state index in [1.165, 1.54) is 0 Å². The molecule has 6 heavy (non-hydrogen) atoms. The molecule has 5 heteroatoms. The number of rotatable bonds is 0. The molecule has 0 spiro atoms. The van der Waals surface area contributed by atoms with E-state index in [1.54, 1.807) is 0 Å². The minimum atomic E-state index is -0.750. The second kappa shape index (κ2) is 9.57. The van der Waals surface area contributed by atoms with Crippen molar-refractivity contribution in [3.63, 3.8) is 0 Å². The molecule has 0 heterocycles. The Morgan fingerprint density at radius 2 is 1.17 bits per heavy atom. The van der Waals surface area contributed by atoms with Crippen LogP contribution in [0.2, 0.25) is 0 Å². The average Bonchev–Trinajstić information content (AvgIpc) is 1.41. The van der Waals surface area contributed by atoms with Crippen molar-refractivity contribution in [3.05, 3.63) is 0 Å². The van der Waals surface area contributed by atoms with E-state index in [4.69, 9.17) is 38.4 Å². The second-order valence-corrected chi connectivity index (χ2v) is 2.23. The standard InChI is InChI=1S/CHCl3.O.Zn/c2-1(3)4;;/h1H;;. The van der Waals surface area contributed by atoms with E-state index < -0.39 is 4.30 Å². The maximum absolute atomic E-state index is 8.38. The Morgan fingerprint density at radius 1 is 1.17 bits per heavy atom. The van der Waals surface area contributed by atoms with E-state index in [1.807, 2.05) is 0 Å². The fourth-order valence-electron chi connectivity index (χ4n) is 0. The first-order valence-electron chi connectivity index (χ1n) is 0.943. The second-order valence-electron chi connectivity index (χ2n) is 0.247. The van der Waals surface area contributed by atoms with Crippen molar-refractivity contribution in [1.29, 1.82) is 0 Å². The molecule has 0 aromatic heterocycles. The molecule has 0 aromatic carbocycles. The molecule has 0 rings (SSSR count). The van der Waals surface area contributed by atoms with Crippen LogP contribution in [-0.2, 0) is 21.8 Å². The fraction of sp³-hybridized carbons (Fsp3) is 1.00. The summed E-state index contributed by atoms with van der Waals surface area (Å²) < 4.78 is 7.62. The summed E-state index contributed by atoms with van der Waals surface area (Å²) in [7, 11) is 0. The summed E-state index contributed by atoms with van der Waals surface area (Å²) in [5.74, 6) is 0. The topological polar surface area (TPSA) is 17.1 Å². The SMILES string of the molecule is ClC(Cl)Cl.[O]=[Zn]. The van der Waals surface area contributed by atoms with Crippen LogP contribution in [0, 0.1) is 0 Å². The number of hydrogen-bond acceptors (Lipinski definition) is 1. The number of alkyl halides is 3. The van der Waals surface area contributed by atoms with Crippen molar-refractivity contribution in [2.24, 2.45) is 0 Å². The maximum atomic E-state index is 8.38. The first-order valence-corrected chi connectivity index (χ1v) is 3.46. The van der Waals surface area contributed by atoms with Crippen LogP contribution in [0.5, 0.6) is 0 Å². The molecule has 1 nitrogen and oxygen atoms in total. The normalized spacial score (nSPS) is 7.00. The van der Waals surface area contributed by atoms with E-state index in [2.05, 4.69) is 0 Å². The van der Waals surface area contributed by atoms with Gasteiger partial charge in [-0.15, -0.1) is 0 Å². The van der Waals surface area contributed by atoms with Gasteiger partial charge in [0.2, 0.25) is 0 Å². The summed E-state index contributed by atoms with van der Waals surface area (Å²) in [4.78, 5) is 0. The minimum absolute atomic E-state index is 0.125. The first kappa shape index (κ1) is 10.3. The summed E-state index contributed by atoms with van der Waals surface area (Å²) in [6.45, 7) is 0. The van der Waals surface area contributed by atoms with Crippen molar-refractivity contribution in [1.82, 2.24) is 0 Å². The van der Waals surface area contributed by atoms with Crippen molar-refractivity contribution in [2.75, 3.05) is 0 Å². The molecule has 34 valence electrons. The van der Waals surface area contributed by atoms with E-state index in [-0.39, 0.29) is 18.3 Å². The molecular weight excluding hydrogens is 200 g/mol. The van der Waals surface area contributed by atoms with Crippen molar-refractivity contribution in [2.45, 2.75) is 4.30 Å². The van der Waals surface area contributed by atoms with Gasteiger partial charge in [-0.1, -0.05) is 34.8 Å². The van der Waals surface area contributed by atoms with Crippen LogP contribution in [0.3, 0.4) is 0 Å². The zero-order valence-corrected chi connectivity index (χ0v) is 8.06. The van der Waals surface area contributed by atoms with Gasteiger partial charge < -0.3 is 0 Å². The van der Waals surface area contributed by atoms with E-state index >= 15 is 0 Å². The van der Waals surface area contributed by atoms with E-state index in [0.29, 0.717) is 0 Å². The van der Waals surface area contributed by atoms with Crippen LogP contribution in [0.25, 0.3) is 0 Å². The summed E-state index contributed by atoms with van der Waals surface area (Å²) in [6, 6.07) is 0. The van der Waals surface area contributed by atoms with Crippen LogP contribution in [0.15, 0.2) is 0 Å². The zero-order chi connectivity index (χ0) is 5.58. The predicted octanol–water partition coefficient (Wildman–Crippen LogP) is 1.87. The van der Waals surface area contributed by atoms with Crippen molar-refractivity contribution >= 4 is 34.8 Å². The Kier molecular flexibility index (Phi) is 16.4. The molecule has 0 aromatic rings. The molecule has 0 bridgehead atoms. The summed E-state index contributed by atoms with van der Waals surface area (Å²) in [5, 5.41) is 0. The van der Waals surface area contributed by atoms with Crippen LogP contribution >= 0.6 is 34.8 Å². The van der Waals surface area contributed by atoms with Gasteiger partial charge in [-0.2, -0.15) is 0 Å². The Bertz CT molecular complexity index is 22.0. The molecule has 0 N–H and O–H groups in total. The van der Waals surface area contributed by atoms with Gasteiger partial charge in [-0.25, -0.2) is 0 Å². The van der Waals surface area contributed by atoms with Gasteiger partial charge in [-0.3, -0.25) is 0 Å². The molecular formula is CHCl3OZn. The van der Waals surface area contributed by atoms with Gasteiger partial charge in [0, 0.05) is 0 Å². The van der Waals surface area contributed by atoms with Gasteiger partial charge in [0.1, 0.15) is 0 Å². The first-order chi connectivity index (χ1) is 2.73. The van der Waals surface area contributed by atoms with E-state index in [0.717, 1.165) is 0 Å². The molecule has 0 fully saturated rings. The van der Waals surface area contributed by atoms with Gasteiger partial charge in [0.05, 0.1) is 0 Å². The molecule has 0 saturated carbocycles. The molecule has 0 amide bonds. The Morgan fingerprint density at radius 3 is 1.17 bits per heavy atom. The van der Waals surface area contributed by atoms with Crippen LogP contribution in [-0.4, -0.2) is 4.30 Å². The van der Waals surface area contributed by atoms with Crippen molar-refractivity contribution in [3.8, 4) is 0 Å². The molecule has 0 aliphatic carbocycles. The molecule has 0 unspecified atom stereocenters. The molecule has 0 atom stereocenters. The Hall–Kier alpha value is 1.29. The van der Waals surface area contributed by atoms with Gasteiger partial charge in [0.15, 0.2) is 4.30 Å². The van der Waals surface area contributed by atoms with Crippen LogP contribution in [0.4, 0.5) is 0 Å². The third-order valence-corrected chi connectivity index (χ3v) is 0. The summed E-state index contributed by atoms with van der Waals surface area (Å²) >= 11 is 14.5. The molecule has 0 aliphatic rings. The van der Waals surface area contributed by atoms with Gasteiger partial charge in [0.25, 0.3) is 0 Å². The molecule has 0 aliphatic heterocycles. The van der Waals surface area contributed by atoms with Crippen molar-refractivity contribution < 1.29 is 21.8 Å². The van der Waals surface area contributed by atoms with Gasteiger partial charge in [-0.05, 0) is 0 Å². The van der Waals surface area contributed by atoms with Crippen LogP contribution in [0.1, 0.15) is 0 Å². The van der Waals surface area contributed by atoms with Crippen LogP contribution < -0.4 is 0 Å². The summed E-state index contributed by atoms with van der Waals surface area (Å²) in [6.07, 6.45) is 0. The zero-order valence-electron chi connectivity index (χ0n) is 2.83. The third-order valence-electron chi connectivity index (χ3n) is 0.